The maximum Gasteiger partial charge on any atom is 0.322 e. The number of ether oxygens (including phenoxy) is 1. The Hall–Kier alpha value is -2.58. The molecular formula is C18H23ClN4O4. The summed E-state index contributed by atoms with van der Waals surface area (Å²) in [4.78, 5) is 26.3. The fourth-order valence-corrected chi connectivity index (χ4v) is 2.49. The standard InChI is InChI=1S/C18H23ClN4O4/c1-3-26-9-5-8-23(12-17(24)21-16-10-13(2)27-22-16)18(25)20-15-7-4-6-14(19)11-15/h4,6-7,10-11H,3,5,8-9,12H2,1-2H3,(H,20,25)(H,21,22,24). The Labute approximate surface area is 162 Å². The fourth-order valence-electron chi connectivity index (χ4n) is 2.30. The first kappa shape index (κ1) is 20.7. The summed E-state index contributed by atoms with van der Waals surface area (Å²) in [5.74, 6) is 0.514. The summed E-state index contributed by atoms with van der Waals surface area (Å²) in [6, 6.07) is 8.00. The molecule has 0 bridgehead atoms. The smallest absolute Gasteiger partial charge is 0.322 e. The number of carbonyl (C=O) groups is 2. The zero-order valence-electron chi connectivity index (χ0n) is 15.3. The molecule has 27 heavy (non-hydrogen) atoms. The average Bonchev–Trinajstić information content (AvgIpc) is 3.02. The SMILES string of the molecule is CCOCCCN(CC(=O)Nc1cc(C)on1)C(=O)Nc1cccc(Cl)c1. The number of anilines is 2. The molecule has 0 aliphatic rings. The van der Waals surface area contributed by atoms with Crippen LogP contribution in [0, 0.1) is 6.92 Å². The Balaban J connectivity index is 1.98. The highest BCUT2D eigenvalue weighted by molar-refractivity contribution is 6.30. The molecule has 1 heterocycles. The molecule has 2 rings (SSSR count). The largest absolute Gasteiger partial charge is 0.382 e. The Bertz CT molecular complexity index is 765. The van der Waals surface area contributed by atoms with Crippen molar-refractivity contribution >= 4 is 35.0 Å². The number of halogens is 1. The number of hydrogen-bond acceptors (Lipinski definition) is 5. The summed E-state index contributed by atoms with van der Waals surface area (Å²) >= 11 is 5.94. The lowest BCUT2D eigenvalue weighted by molar-refractivity contribution is -0.116. The topological polar surface area (TPSA) is 96.7 Å². The van der Waals surface area contributed by atoms with Crippen LogP contribution in [0.15, 0.2) is 34.9 Å². The van der Waals surface area contributed by atoms with Crippen LogP contribution in [0.4, 0.5) is 16.3 Å². The highest BCUT2D eigenvalue weighted by atomic mass is 35.5. The van der Waals surface area contributed by atoms with E-state index in [0.29, 0.717) is 48.5 Å². The van der Waals surface area contributed by atoms with E-state index in [2.05, 4.69) is 15.8 Å². The zero-order chi connectivity index (χ0) is 19.6. The van der Waals surface area contributed by atoms with Gasteiger partial charge >= 0.3 is 6.03 Å². The summed E-state index contributed by atoms with van der Waals surface area (Å²) in [7, 11) is 0. The van der Waals surface area contributed by atoms with E-state index < -0.39 is 6.03 Å². The van der Waals surface area contributed by atoms with Crippen LogP contribution in [0.2, 0.25) is 5.02 Å². The second-order valence-corrected chi connectivity index (χ2v) is 6.22. The first-order valence-electron chi connectivity index (χ1n) is 8.60. The van der Waals surface area contributed by atoms with Gasteiger partial charge in [-0.1, -0.05) is 22.8 Å². The summed E-state index contributed by atoms with van der Waals surface area (Å²) < 4.78 is 10.2. The summed E-state index contributed by atoms with van der Waals surface area (Å²) in [5, 5.41) is 9.57. The third-order valence-corrected chi connectivity index (χ3v) is 3.75. The van der Waals surface area contributed by atoms with Gasteiger partial charge in [0.15, 0.2) is 5.82 Å². The van der Waals surface area contributed by atoms with E-state index in [1.54, 1.807) is 37.3 Å². The molecule has 3 amide bonds. The van der Waals surface area contributed by atoms with Crippen molar-refractivity contribution in [3.63, 3.8) is 0 Å². The molecular weight excluding hydrogens is 372 g/mol. The first-order valence-corrected chi connectivity index (χ1v) is 8.98. The number of aryl methyl sites for hydroxylation is 1. The van der Waals surface area contributed by atoms with Gasteiger partial charge in [-0.25, -0.2) is 4.79 Å². The van der Waals surface area contributed by atoms with Crippen molar-refractivity contribution in [1.82, 2.24) is 10.1 Å². The number of aromatic nitrogens is 1. The number of hydrogen-bond donors (Lipinski definition) is 2. The third kappa shape index (κ3) is 7.28. The zero-order valence-corrected chi connectivity index (χ0v) is 16.1. The van der Waals surface area contributed by atoms with Crippen LogP contribution in [0.5, 0.6) is 0 Å². The van der Waals surface area contributed by atoms with E-state index >= 15 is 0 Å². The van der Waals surface area contributed by atoms with Gasteiger partial charge in [0.2, 0.25) is 5.91 Å². The van der Waals surface area contributed by atoms with E-state index in [1.807, 2.05) is 6.92 Å². The number of nitrogens with one attached hydrogen (secondary N) is 2. The van der Waals surface area contributed by atoms with Crippen LogP contribution < -0.4 is 10.6 Å². The van der Waals surface area contributed by atoms with E-state index in [1.165, 1.54) is 4.90 Å². The van der Waals surface area contributed by atoms with E-state index in [4.69, 9.17) is 20.9 Å². The molecule has 1 aromatic heterocycles. The van der Waals surface area contributed by atoms with Crippen LogP contribution >= 0.6 is 11.6 Å². The molecule has 0 radical (unpaired) electrons. The number of rotatable bonds is 9. The highest BCUT2D eigenvalue weighted by Crippen LogP contribution is 2.15. The molecule has 0 aliphatic heterocycles. The first-order chi connectivity index (χ1) is 13.0. The minimum atomic E-state index is -0.403. The molecule has 8 nitrogen and oxygen atoms in total. The second kappa shape index (κ2) is 10.5. The highest BCUT2D eigenvalue weighted by Gasteiger charge is 2.18. The van der Waals surface area contributed by atoms with Gasteiger partial charge in [0, 0.05) is 36.5 Å². The van der Waals surface area contributed by atoms with Crippen molar-refractivity contribution in [1.29, 1.82) is 0 Å². The molecule has 0 aliphatic carbocycles. The molecule has 146 valence electrons. The van der Waals surface area contributed by atoms with E-state index in [9.17, 15) is 9.59 Å². The van der Waals surface area contributed by atoms with Gasteiger partial charge in [0.05, 0.1) is 0 Å². The average molecular weight is 395 g/mol. The van der Waals surface area contributed by atoms with Crippen molar-refractivity contribution in [2.24, 2.45) is 0 Å². The molecule has 2 N–H and O–H groups in total. The van der Waals surface area contributed by atoms with Crippen LogP contribution in [-0.4, -0.2) is 48.3 Å². The van der Waals surface area contributed by atoms with Gasteiger partial charge in [0.1, 0.15) is 12.3 Å². The van der Waals surface area contributed by atoms with Gasteiger partial charge in [-0.2, -0.15) is 0 Å². The molecule has 0 saturated heterocycles. The monoisotopic (exact) mass is 394 g/mol. The van der Waals surface area contributed by atoms with Crippen LogP contribution in [0.1, 0.15) is 19.1 Å². The lowest BCUT2D eigenvalue weighted by Gasteiger charge is -2.22. The number of amides is 3. The Morgan fingerprint density at radius 3 is 2.78 bits per heavy atom. The van der Waals surface area contributed by atoms with Crippen LogP contribution in [0.3, 0.4) is 0 Å². The van der Waals surface area contributed by atoms with Crippen molar-refractivity contribution in [3.8, 4) is 0 Å². The number of carbonyl (C=O) groups excluding carboxylic acids is 2. The Morgan fingerprint density at radius 2 is 2.11 bits per heavy atom. The van der Waals surface area contributed by atoms with Gasteiger partial charge < -0.3 is 24.8 Å². The molecule has 0 spiro atoms. The van der Waals surface area contributed by atoms with E-state index in [0.717, 1.165) is 0 Å². The van der Waals surface area contributed by atoms with Crippen molar-refractivity contribution in [3.05, 3.63) is 41.1 Å². The van der Waals surface area contributed by atoms with Crippen LogP contribution in [0.25, 0.3) is 0 Å². The van der Waals surface area contributed by atoms with Gasteiger partial charge in [0.25, 0.3) is 0 Å². The number of benzene rings is 1. The van der Waals surface area contributed by atoms with Crippen molar-refractivity contribution < 1.29 is 18.8 Å². The quantitative estimate of drug-likeness (QED) is 0.634. The number of urea groups is 1. The molecule has 0 unspecified atom stereocenters. The lowest BCUT2D eigenvalue weighted by atomic mass is 10.3. The van der Waals surface area contributed by atoms with Gasteiger partial charge in [-0.3, -0.25) is 4.79 Å². The summed E-state index contributed by atoms with van der Waals surface area (Å²) in [5.41, 5.74) is 0.551. The maximum absolute atomic E-state index is 12.6. The fraction of sp³-hybridized carbons (Fsp3) is 0.389. The third-order valence-electron chi connectivity index (χ3n) is 3.51. The molecule has 2 aromatic rings. The van der Waals surface area contributed by atoms with Gasteiger partial charge in [-0.05, 0) is 38.5 Å². The Morgan fingerprint density at radius 1 is 1.30 bits per heavy atom. The maximum atomic E-state index is 12.6. The van der Waals surface area contributed by atoms with Gasteiger partial charge in [-0.15, -0.1) is 0 Å². The molecule has 9 heteroatoms. The lowest BCUT2D eigenvalue weighted by Crippen LogP contribution is -2.41. The van der Waals surface area contributed by atoms with Crippen molar-refractivity contribution in [2.75, 3.05) is 36.9 Å². The Kier molecular flexibility index (Phi) is 8.09. The normalized spacial score (nSPS) is 10.5. The van der Waals surface area contributed by atoms with Crippen LogP contribution in [-0.2, 0) is 9.53 Å². The summed E-state index contributed by atoms with van der Waals surface area (Å²) in [6.45, 7) is 4.95. The molecule has 0 fully saturated rings. The predicted octanol–water partition coefficient (Wildman–Crippen LogP) is 3.54. The predicted molar refractivity (Wildman–Crippen MR) is 103 cm³/mol. The number of nitrogens with zero attached hydrogens (tertiary/aromatic N) is 2. The van der Waals surface area contributed by atoms with Crippen molar-refractivity contribution in [2.45, 2.75) is 20.3 Å². The van der Waals surface area contributed by atoms with E-state index in [-0.39, 0.29) is 12.5 Å². The molecule has 1 aromatic carbocycles. The second-order valence-electron chi connectivity index (χ2n) is 5.78. The molecule has 0 atom stereocenters. The minimum absolute atomic E-state index is 0.134. The summed E-state index contributed by atoms with van der Waals surface area (Å²) in [6.07, 6.45) is 0.604. The minimum Gasteiger partial charge on any atom is -0.382 e. The molecule has 0 saturated carbocycles.